The first-order valence-corrected chi connectivity index (χ1v) is 6.06. The Labute approximate surface area is 115 Å². The van der Waals surface area contributed by atoms with Crippen molar-refractivity contribution in [1.29, 1.82) is 0 Å². The molecule has 8 heteroatoms. The summed E-state index contributed by atoms with van der Waals surface area (Å²) in [7, 11) is 1.66. The van der Waals surface area contributed by atoms with Gasteiger partial charge in [-0.3, -0.25) is 4.68 Å². The van der Waals surface area contributed by atoms with E-state index in [1.807, 2.05) is 11.6 Å². The highest BCUT2D eigenvalue weighted by Crippen LogP contribution is 2.20. The SMILES string of the molecule is COCCn1ncc(Nc2ncc(Cl)c(N)n2)c1C. The number of ether oxygens (including phenoxy) is 1. The van der Waals surface area contributed by atoms with Gasteiger partial charge < -0.3 is 15.8 Å². The Hall–Kier alpha value is -1.86. The molecule has 19 heavy (non-hydrogen) atoms. The van der Waals surface area contributed by atoms with Gasteiger partial charge in [0.1, 0.15) is 10.8 Å². The van der Waals surface area contributed by atoms with Gasteiger partial charge in [0, 0.05) is 7.11 Å². The van der Waals surface area contributed by atoms with Crippen molar-refractivity contribution in [3.63, 3.8) is 0 Å². The third-order valence-corrected chi connectivity index (χ3v) is 2.92. The maximum atomic E-state index is 5.77. The first-order valence-electron chi connectivity index (χ1n) is 5.68. The number of halogens is 1. The Bertz CT molecular complexity index is 570. The van der Waals surface area contributed by atoms with Crippen LogP contribution in [0.15, 0.2) is 12.4 Å². The van der Waals surface area contributed by atoms with E-state index < -0.39 is 0 Å². The van der Waals surface area contributed by atoms with Gasteiger partial charge in [-0.25, -0.2) is 4.98 Å². The zero-order valence-corrected chi connectivity index (χ0v) is 11.5. The summed E-state index contributed by atoms with van der Waals surface area (Å²) in [5.41, 5.74) is 7.41. The maximum absolute atomic E-state index is 5.77. The lowest BCUT2D eigenvalue weighted by atomic mass is 10.4. The number of nitrogen functional groups attached to an aromatic ring is 1. The van der Waals surface area contributed by atoms with Gasteiger partial charge in [-0.05, 0) is 6.92 Å². The number of hydrogen-bond donors (Lipinski definition) is 2. The predicted molar refractivity (Wildman–Crippen MR) is 73.6 cm³/mol. The summed E-state index contributed by atoms with van der Waals surface area (Å²) in [6, 6.07) is 0. The molecule has 2 rings (SSSR count). The first-order chi connectivity index (χ1) is 9.11. The monoisotopic (exact) mass is 282 g/mol. The maximum Gasteiger partial charge on any atom is 0.229 e. The Balaban J connectivity index is 2.14. The number of rotatable bonds is 5. The molecule has 0 saturated heterocycles. The number of anilines is 3. The molecular formula is C11H15ClN6O. The van der Waals surface area contributed by atoms with E-state index >= 15 is 0 Å². The van der Waals surface area contributed by atoms with Crippen molar-refractivity contribution in [1.82, 2.24) is 19.7 Å². The van der Waals surface area contributed by atoms with Gasteiger partial charge in [-0.2, -0.15) is 10.1 Å². The summed E-state index contributed by atoms with van der Waals surface area (Å²) in [4.78, 5) is 8.09. The van der Waals surface area contributed by atoms with Crippen LogP contribution < -0.4 is 11.1 Å². The molecule has 2 aromatic heterocycles. The van der Waals surface area contributed by atoms with Gasteiger partial charge in [-0.1, -0.05) is 11.6 Å². The average Bonchev–Trinajstić information content (AvgIpc) is 2.73. The van der Waals surface area contributed by atoms with E-state index in [1.54, 1.807) is 13.3 Å². The largest absolute Gasteiger partial charge is 0.383 e. The quantitative estimate of drug-likeness (QED) is 0.866. The van der Waals surface area contributed by atoms with Crippen LogP contribution in [-0.2, 0) is 11.3 Å². The van der Waals surface area contributed by atoms with Gasteiger partial charge in [0.2, 0.25) is 5.95 Å². The van der Waals surface area contributed by atoms with Crippen LogP contribution in [0.2, 0.25) is 5.02 Å². The van der Waals surface area contributed by atoms with Crippen LogP contribution in [0.4, 0.5) is 17.5 Å². The minimum atomic E-state index is 0.239. The van der Waals surface area contributed by atoms with Crippen LogP contribution in [0.25, 0.3) is 0 Å². The molecule has 2 aromatic rings. The summed E-state index contributed by atoms with van der Waals surface area (Å²) >= 11 is 5.77. The molecule has 0 aliphatic carbocycles. The molecule has 102 valence electrons. The average molecular weight is 283 g/mol. The number of aromatic nitrogens is 4. The standard InChI is InChI=1S/C11H15ClN6O/c1-7-9(6-15-18(7)3-4-19-2)16-11-14-5-8(12)10(13)17-11/h5-6H,3-4H2,1-2H3,(H3,13,14,16,17). The molecule has 7 nitrogen and oxygen atoms in total. The second-order valence-corrected chi connectivity index (χ2v) is 4.32. The van der Waals surface area contributed by atoms with Crippen LogP contribution in [0.3, 0.4) is 0 Å². The Morgan fingerprint density at radius 2 is 2.26 bits per heavy atom. The molecule has 0 radical (unpaired) electrons. The van der Waals surface area contributed by atoms with Crippen molar-refractivity contribution in [2.45, 2.75) is 13.5 Å². The Morgan fingerprint density at radius 3 is 2.95 bits per heavy atom. The zero-order chi connectivity index (χ0) is 13.8. The number of nitrogens with one attached hydrogen (secondary N) is 1. The van der Waals surface area contributed by atoms with Gasteiger partial charge in [-0.15, -0.1) is 0 Å². The smallest absolute Gasteiger partial charge is 0.229 e. The van der Waals surface area contributed by atoms with E-state index in [1.165, 1.54) is 6.20 Å². The van der Waals surface area contributed by atoms with E-state index in [2.05, 4.69) is 20.4 Å². The summed E-state index contributed by atoms with van der Waals surface area (Å²) < 4.78 is 6.86. The fourth-order valence-corrected chi connectivity index (χ4v) is 1.62. The summed E-state index contributed by atoms with van der Waals surface area (Å²) in [5.74, 6) is 0.625. The van der Waals surface area contributed by atoms with E-state index in [-0.39, 0.29) is 5.82 Å². The highest BCUT2D eigenvalue weighted by Gasteiger charge is 2.08. The molecule has 0 atom stereocenters. The number of nitrogens with zero attached hydrogens (tertiary/aromatic N) is 4. The molecule has 3 N–H and O–H groups in total. The van der Waals surface area contributed by atoms with Crippen LogP contribution in [0.5, 0.6) is 0 Å². The molecule has 0 aliphatic rings. The van der Waals surface area contributed by atoms with E-state index in [9.17, 15) is 0 Å². The van der Waals surface area contributed by atoms with E-state index in [0.717, 1.165) is 11.4 Å². The number of nitrogens with two attached hydrogens (primary N) is 1. The first kappa shape index (κ1) is 13.6. The second kappa shape index (κ2) is 5.85. The molecule has 0 aliphatic heterocycles. The van der Waals surface area contributed by atoms with Crippen molar-refractivity contribution in [3.8, 4) is 0 Å². The minimum Gasteiger partial charge on any atom is -0.383 e. The van der Waals surface area contributed by atoms with Crippen LogP contribution in [-0.4, -0.2) is 33.5 Å². The molecule has 0 saturated carbocycles. The predicted octanol–water partition coefficient (Wildman–Crippen LogP) is 1.61. The molecule has 2 heterocycles. The molecular weight excluding hydrogens is 268 g/mol. The lowest BCUT2D eigenvalue weighted by Crippen LogP contribution is -2.08. The molecule has 0 fully saturated rings. The summed E-state index contributed by atoms with van der Waals surface area (Å²) in [5, 5.41) is 7.63. The minimum absolute atomic E-state index is 0.239. The third-order valence-electron chi connectivity index (χ3n) is 2.63. The van der Waals surface area contributed by atoms with E-state index in [0.29, 0.717) is 24.1 Å². The second-order valence-electron chi connectivity index (χ2n) is 3.91. The van der Waals surface area contributed by atoms with Crippen molar-refractivity contribution >= 4 is 29.1 Å². The molecule has 0 spiro atoms. The lowest BCUT2D eigenvalue weighted by molar-refractivity contribution is 0.183. The van der Waals surface area contributed by atoms with Gasteiger partial charge in [0.05, 0.1) is 36.9 Å². The zero-order valence-electron chi connectivity index (χ0n) is 10.7. The Morgan fingerprint density at radius 1 is 1.47 bits per heavy atom. The summed E-state index contributed by atoms with van der Waals surface area (Å²) in [6.45, 7) is 3.24. The van der Waals surface area contributed by atoms with Crippen molar-refractivity contribution in [2.24, 2.45) is 0 Å². The normalized spacial score (nSPS) is 10.7. The number of methoxy groups -OCH3 is 1. The summed E-state index contributed by atoms with van der Waals surface area (Å²) in [6.07, 6.45) is 3.16. The van der Waals surface area contributed by atoms with Crippen LogP contribution in [0.1, 0.15) is 5.69 Å². The van der Waals surface area contributed by atoms with E-state index in [4.69, 9.17) is 22.1 Å². The lowest BCUT2D eigenvalue weighted by Gasteiger charge is -2.06. The van der Waals surface area contributed by atoms with Crippen molar-refractivity contribution < 1.29 is 4.74 Å². The Kier molecular flexibility index (Phi) is 4.18. The van der Waals surface area contributed by atoms with Gasteiger partial charge >= 0.3 is 0 Å². The molecule has 0 bridgehead atoms. The topological polar surface area (TPSA) is 90.9 Å². The van der Waals surface area contributed by atoms with Crippen LogP contribution >= 0.6 is 11.6 Å². The molecule has 0 aromatic carbocycles. The van der Waals surface area contributed by atoms with Crippen molar-refractivity contribution in [3.05, 3.63) is 23.1 Å². The third kappa shape index (κ3) is 3.12. The number of hydrogen-bond acceptors (Lipinski definition) is 6. The fraction of sp³-hybridized carbons (Fsp3) is 0.364. The van der Waals surface area contributed by atoms with Gasteiger partial charge in [0.15, 0.2) is 0 Å². The highest BCUT2D eigenvalue weighted by atomic mass is 35.5. The highest BCUT2D eigenvalue weighted by molar-refractivity contribution is 6.32. The van der Waals surface area contributed by atoms with Crippen LogP contribution in [0, 0.1) is 6.92 Å². The molecule has 0 unspecified atom stereocenters. The van der Waals surface area contributed by atoms with Gasteiger partial charge in [0.25, 0.3) is 0 Å². The fourth-order valence-electron chi connectivity index (χ4n) is 1.53. The van der Waals surface area contributed by atoms with Crippen molar-refractivity contribution in [2.75, 3.05) is 24.8 Å². The molecule has 0 amide bonds.